The fraction of sp³-hybridized carbons (Fsp3) is 0.167. The van der Waals surface area contributed by atoms with Gasteiger partial charge in [-0.15, -0.1) is 0 Å². The number of anilines is 1. The molecule has 0 radical (unpaired) electrons. The van der Waals surface area contributed by atoms with E-state index in [1.807, 2.05) is 19.1 Å². The summed E-state index contributed by atoms with van der Waals surface area (Å²) in [5.41, 5.74) is 0.983. The predicted molar refractivity (Wildman–Crippen MR) is 60.0 cm³/mol. The number of carbonyl (C=O) groups excluding carboxylic acids is 1. The van der Waals surface area contributed by atoms with Crippen molar-refractivity contribution in [3.05, 3.63) is 48.0 Å². The molecule has 0 aliphatic rings. The first kappa shape index (κ1) is 10.4. The zero-order chi connectivity index (χ0) is 11.4. The van der Waals surface area contributed by atoms with Gasteiger partial charge in [0.15, 0.2) is 0 Å². The maximum Gasteiger partial charge on any atom is 0.233 e. The summed E-state index contributed by atoms with van der Waals surface area (Å²) in [6, 6.07) is 7.20. The zero-order valence-corrected chi connectivity index (χ0v) is 8.93. The van der Waals surface area contributed by atoms with Crippen LogP contribution in [0.3, 0.4) is 0 Å². The number of hydrogen-bond donors (Lipinski definition) is 1. The summed E-state index contributed by atoms with van der Waals surface area (Å²) in [4.78, 5) is 15.6. The molecule has 0 aromatic carbocycles. The molecule has 2 aromatic heterocycles. The van der Waals surface area contributed by atoms with Crippen molar-refractivity contribution in [3.8, 4) is 0 Å². The van der Waals surface area contributed by atoms with E-state index in [1.54, 1.807) is 24.6 Å². The third-order valence-corrected chi connectivity index (χ3v) is 2.22. The third-order valence-electron chi connectivity index (χ3n) is 2.22. The number of rotatable bonds is 3. The minimum Gasteiger partial charge on any atom is -0.469 e. The Bertz CT molecular complexity index is 477. The van der Waals surface area contributed by atoms with Crippen molar-refractivity contribution in [2.75, 3.05) is 5.32 Å². The van der Waals surface area contributed by atoms with Gasteiger partial charge in [-0.2, -0.15) is 0 Å². The molecule has 0 unspecified atom stereocenters. The highest BCUT2D eigenvalue weighted by atomic mass is 16.3. The van der Waals surface area contributed by atoms with E-state index >= 15 is 0 Å². The van der Waals surface area contributed by atoms with Crippen LogP contribution in [0, 0.1) is 6.92 Å². The van der Waals surface area contributed by atoms with Gasteiger partial charge in [0.2, 0.25) is 5.91 Å². The Balaban J connectivity index is 1.98. The van der Waals surface area contributed by atoms with Gasteiger partial charge < -0.3 is 9.73 Å². The predicted octanol–water partition coefficient (Wildman–Crippen LogP) is 2.16. The van der Waals surface area contributed by atoms with Gasteiger partial charge in [0.05, 0.1) is 12.7 Å². The van der Waals surface area contributed by atoms with Gasteiger partial charge in [-0.3, -0.25) is 4.79 Å². The number of amides is 1. The molecule has 0 bridgehead atoms. The lowest BCUT2D eigenvalue weighted by atomic mass is 10.2. The molecule has 0 saturated heterocycles. The molecule has 0 fully saturated rings. The van der Waals surface area contributed by atoms with E-state index in [4.69, 9.17) is 4.42 Å². The SMILES string of the molecule is Cc1ccoc1CC(=O)Nc1ccccn1. The average Bonchev–Trinajstić information content (AvgIpc) is 2.66. The second kappa shape index (κ2) is 4.61. The molecule has 0 aliphatic carbocycles. The number of nitrogens with one attached hydrogen (secondary N) is 1. The number of aryl methyl sites for hydroxylation is 1. The Labute approximate surface area is 93.3 Å². The molecule has 82 valence electrons. The smallest absolute Gasteiger partial charge is 0.233 e. The van der Waals surface area contributed by atoms with E-state index in [-0.39, 0.29) is 12.3 Å². The summed E-state index contributed by atoms with van der Waals surface area (Å²) in [6.45, 7) is 1.91. The van der Waals surface area contributed by atoms with E-state index < -0.39 is 0 Å². The summed E-state index contributed by atoms with van der Waals surface area (Å²) in [5.74, 6) is 1.11. The van der Waals surface area contributed by atoms with Crippen molar-refractivity contribution in [1.82, 2.24) is 4.98 Å². The molecule has 1 amide bonds. The minimum absolute atomic E-state index is 0.128. The molecule has 1 N–H and O–H groups in total. The van der Waals surface area contributed by atoms with Crippen molar-refractivity contribution in [1.29, 1.82) is 0 Å². The van der Waals surface area contributed by atoms with Crippen LogP contribution in [-0.4, -0.2) is 10.9 Å². The second-order valence-corrected chi connectivity index (χ2v) is 3.47. The van der Waals surface area contributed by atoms with E-state index in [1.165, 1.54) is 0 Å². The standard InChI is InChI=1S/C12H12N2O2/c1-9-5-7-16-10(9)8-12(15)14-11-4-2-3-6-13-11/h2-7H,8H2,1H3,(H,13,14,15). The highest BCUT2D eigenvalue weighted by molar-refractivity contribution is 5.91. The molecule has 4 nitrogen and oxygen atoms in total. The number of aromatic nitrogens is 1. The Morgan fingerprint density at radius 2 is 2.31 bits per heavy atom. The first-order chi connectivity index (χ1) is 7.75. The highest BCUT2D eigenvalue weighted by Gasteiger charge is 2.09. The lowest BCUT2D eigenvalue weighted by Gasteiger charge is -2.02. The van der Waals surface area contributed by atoms with Gasteiger partial charge >= 0.3 is 0 Å². The van der Waals surface area contributed by atoms with E-state index in [9.17, 15) is 4.79 Å². The molecule has 0 aliphatic heterocycles. The molecule has 2 aromatic rings. The molecule has 0 atom stereocenters. The van der Waals surface area contributed by atoms with Crippen LogP contribution in [0.25, 0.3) is 0 Å². The fourth-order valence-electron chi connectivity index (χ4n) is 1.35. The van der Waals surface area contributed by atoms with Crippen LogP contribution in [0.5, 0.6) is 0 Å². The Hall–Kier alpha value is -2.10. The lowest BCUT2D eigenvalue weighted by molar-refractivity contribution is -0.115. The normalized spacial score (nSPS) is 10.1. The van der Waals surface area contributed by atoms with Crippen LogP contribution >= 0.6 is 0 Å². The van der Waals surface area contributed by atoms with E-state index in [2.05, 4.69) is 10.3 Å². The number of pyridine rings is 1. The van der Waals surface area contributed by atoms with Crippen LogP contribution < -0.4 is 5.32 Å². The van der Waals surface area contributed by atoms with Gasteiger partial charge in [-0.1, -0.05) is 6.07 Å². The molecule has 2 rings (SSSR count). The van der Waals surface area contributed by atoms with Gasteiger partial charge in [-0.05, 0) is 30.7 Å². The summed E-state index contributed by atoms with van der Waals surface area (Å²) >= 11 is 0. The van der Waals surface area contributed by atoms with Gasteiger partial charge in [0, 0.05) is 6.20 Å². The fourth-order valence-corrected chi connectivity index (χ4v) is 1.35. The van der Waals surface area contributed by atoms with Crippen molar-refractivity contribution in [2.45, 2.75) is 13.3 Å². The van der Waals surface area contributed by atoms with Crippen LogP contribution in [0.15, 0.2) is 41.1 Å². The Morgan fingerprint density at radius 3 is 2.94 bits per heavy atom. The van der Waals surface area contributed by atoms with Crippen molar-refractivity contribution < 1.29 is 9.21 Å². The second-order valence-electron chi connectivity index (χ2n) is 3.47. The molecule has 0 saturated carbocycles. The summed E-state index contributed by atoms with van der Waals surface area (Å²) in [6.07, 6.45) is 3.45. The van der Waals surface area contributed by atoms with Crippen LogP contribution in [0.2, 0.25) is 0 Å². The number of furan rings is 1. The van der Waals surface area contributed by atoms with E-state index in [0.717, 1.165) is 5.56 Å². The van der Waals surface area contributed by atoms with Crippen LogP contribution in [0.4, 0.5) is 5.82 Å². The maximum atomic E-state index is 11.6. The number of carbonyl (C=O) groups is 1. The largest absolute Gasteiger partial charge is 0.469 e. The summed E-state index contributed by atoms with van der Waals surface area (Å²) in [5, 5.41) is 2.70. The van der Waals surface area contributed by atoms with Gasteiger partial charge in [0.1, 0.15) is 11.6 Å². The Morgan fingerprint density at radius 1 is 1.44 bits per heavy atom. The highest BCUT2D eigenvalue weighted by Crippen LogP contribution is 2.10. The topological polar surface area (TPSA) is 55.1 Å². The zero-order valence-electron chi connectivity index (χ0n) is 8.93. The monoisotopic (exact) mass is 216 g/mol. The van der Waals surface area contributed by atoms with Gasteiger partial charge in [0.25, 0.3) is 0 Å². The number of hydrogen-bond acceptors (Lipinski definition) is 3. The van der Waals surface area contributed by atoms with Gasteiger partial charge in [-0.25, -0.2) is 4.98 Å². The first-order valence-electron chi connectivity index (χ1n) is 4.99. The number of nitrogens with zero attached hydrogens (tertiary/aromatic N) is 1. The molecular formula is C12H12N2O2. The minimum atomic E-state index is -0.128. The molecule has 2 heterocycles. The molecule has 4 heteroatoms. The van der Waals surface area contributed by atoms with Crippen molar-refractivity contribution in [2.24, 2.45) is 0 Å². The summed E-state index contributed by atoms with van der Waals surface area (Å²) in [7, 11) is 0. The molecule has 0 spiro atoms. The lowest BCUT2D eigenvalue weighted by Crippen LogP contribution is -2.15. The van der Waals surface area contributed by atoms with Crippen LogP contribution in [0.1, 0.15) is 11.3 Å². The third kappa shape index (κ3) is 2.48. The molecular weight excluding hydrogens is 204 g/mol. The first-order valence-corrected chi connectivity index (χ1v) is 4.99. The van der Waals surface area contributed by atoms with E-state index in [0.29, 0.717) is 11.6 Å². The van der Waals surface area contributed by atoms with Crippen LogP contribution in [-0.2, 0) is 11.2 Å². The van der Waals surface area contributed by atoms with Crippen molar-refractivity contribution in [3.63, 3.8) is 0 Å². The summed E-state index contributed by atoms with van der Waals surface area (Å²) < 4.78 is 5.19. The average molecular weight is 216 g/mol. The molecule has 16 heavy (non-hydrogen) atoms. The van der Waals surface area contributed by atoms with Crippen molar-refractivity contribution >= 4 is 11.7 Å². The maximum absolute atomic E-state index is 11.6. The Kier molecular flexibility index (Phi) is 3.00. The quantitative estimate of drug-likeness (QED) is 0.855.